The number of thiazole rings is 1. The predicted molar refractivity (Wildman–Crippen MR) is 112 cm³/mol. The molecule has 2 aromatic rings. The maximum atomic E-state index is 5.62. The lowest BCUT2D eigenvalue weighted by Gasteiger charge is -2.17. The molecule has 27 heavy (non-hydrogen) atoms. The number of aromatic nitrogens is 1. The number of ether oxygens (including phenoxy) is 2. The van der Waals surface area contributed by atoms with Crippen LogP contribution in [0.15, 0.2) is 33.7 Å². The van der Waals surface area contributed by atoms with Gasteiger partial charge in [0, 0.05) is 22.7 Å². The van der Waals surface area contributed by atoms with Crippen molar-refractivity contribution >= 4 is 17.0 Å². The lowest BCUT2D eigenvalue weighted by atomic mass is 9.96. The van der Waals surface area contributed by atoms with Gasteiger partial charge in [-0.15, -0.1) is 11.3 Å². The van der Waals surface area contributed by atoms with Crippen LogP contribution < -0.4 is 14.3 Å². The van der Waals surface area contributed by atoms with Crippen LogP contribution in [0, 0.1) is 0 Å². The average molecular weight is 388 g/mol. The Morgan fingerprint density at radius 2 is 1.96 bits per heavy atom. The second-order valence-corrected chi connectivity index (χ2v) is 7.73. The summed E-state index contributed by atoms with van der Waals surface area (Å²) in [5, 5.41) is 6.98. The number of methoxy groups -OCH3 is 2. The molecule has 0 bridgehead atoms. The minimum Gasteiger partial charge on any atom is -0.497 e. The van der Waals surface area contributed by atoms with Crippen LogP contribution in [0.1, 0.15) is 52.4 Å². The lowest BCUT2D eigenvalue weighted by molar-refractivity contribution is 0.395. The van der Waals surface area contributed by atoms with Crippen molar-refractivity contribution in [2.75, 3.05) is 14.2 Å². The number of benzene rings is 1. The minimum atomic E-state index is 0.409. The van der Waals surface area contributed by atoms with Crippen LogP contribution in [-0.2, 0) is 0 Å². The minimum absolute atomic E-state index is 0.409. The second-order valence-electron chi connectivity index (χ2n) is 6.89. The van der Waals surface area contributed by atoms with Crippen molar-refractivity contribution in [3.8, 4) is 22.8 Å². The van der Waals surface area contributed by atoms with E-state index in [1.807, 2.05) is 22.9 Å². The van der Waals surface area contributed by atoms with Crippen LogP contribution in [0.2, 0.25) is 0 Å². The SMILES string of the molecule is CCC(C)=Nn1c(-c2ccc(OC)cc2OC)csc1=NC1CCCCC1. The molecular formula is C21H29N3O2S. The number of hydrogen-bond acceptors (Lipinski definition) is 5. The summed E-state index contributed by atoms with van der Waals surface area (Å²) >= 11 is 1.65. The zero-order valence-electron chi connectivity index (χ0n) is 16.7. The molecule has 146 valence electrons. The first-order valence-electron chi connectivity index (χ1n) is 9.67. The van der Waals surface area contributed by atoms with Gasteiger partial charge in [0.05, 0.1) is 26.0 Å². The van der Waals surface area contributed by atoms with Crippen LogP contribution >= 0.6 is 11.3 Å². The summed E-state index contributed by atoms with van der Waals surface area (Å²) in [4.78, 5) is 6.01. The van der Waals surface area contributed by atoms with Gasteiger partial charge in [-0.1, -0.05) is 26.2 Å². The van der Waals surface area contributed by atoms with Crippen LogP contribution in [0.4, 0.5) is 0 Å². The first-order chi connectivity index (χ1) is 13.2. The molecule has 3 rings (SSSR count). The molecule has 0 amide bonds. The van der Waals surface area contributed by atoms with Crippen molar-refractivity contribution in [1.82, 2.24) is 4.68 Å². The van der Waals surface area contributed by atoms with Gasteiger partial charge in [-0.05, 0) is 38.3 Å². The summed E-state index contributed by atoms with van der Waals surface area (Å²) in [5.41, 5.74) is 3.07. The molecule has 0 unspecified atom stereocenters. The fourth-order valence-corrected chi connectivity index (χ4v) is 4.18. The summed E-state index contributed by atoms with van der Waals surface area (Å²) in [6.45, 7) is 4.18. The summed E-state index contributed by atoms with van der Waals surface area (Å²) in [6, 6.07) is 6.29. The zero-order valence-corrected chi connectivity index (χ0v) is 17.5. The first kappa shape index (κ1) is 19.7. The first-order valence-corrected chi connectivity index (χ1v) is 10.6. The molecule has 0 saturated heterocycles. The second kappa shape index (κ2) is 9.22. The molecule has 0 spiro atoms. The molecule has 0 N–H and O–H groups in total. The Hall–Kier alpha value is -2.08. The van der Waals surface area contributed by atoms with E-state index in [0.717, 1.165) is 39.7 Å². The molecule has 1 heterocycles. The van der Waals surface area contributed by atoms with E-state index in [0.29, 0.717) is 6.04 Å². The number of nitrogens with zero attached hydrogens (tertiary/aromatic N) is 3. The van der Waals surface area contributed by atoms with Crippen LogP contribution in [-0.4, -0.2) is 30.6 Å². The van der Waals surface area contributed by atoms with Crippen LogP contribution in [0.25, 0.3) is 11.3 Å². The smallest absolute Gasteiger partial charge is 0.206 e. The van der Waals surface area contributed by atoms with Gasteiger partial charge in [0.1, 0.15) is 11.5 Å². The van der Waals surface area contributed by atoms with Gasteiger partial charge >= 0.3 is 0 Å². The maximum Gasteiger partial charge on any atom is 0.206 e. The Morgan fingerprint density at radius 3 is 2.63 bits per heavy atom. The molecule has 5 nitrogen and oxygen atoms in total. The van der Waals surface area contributed by atoms with Crippen molar-refractivity contribution < 1.29 is 9.47 Å². The Labute approximate surface area is 165 Å². The van der Waals surface area contributed by atoms with Crippen LogP contribution in [0.5, 0.6) is 11.5 Å². The molecule has 1 saturated carbocycles. The molecular weight excluding hydrogens is 358 g/mol. The average Bonchev–Trinajstić information content (AvgIpc) is 3.09. The molecule has 1 aliphatic rings. The third-order valence-electron chi connectivity index (χ3n) is 5.02. The predicted octanol–water partition coefficient (Wildman–Crippen LogP) is 5.10. The number of rotatable bonds is 6. The monoisotopic (exact) mass is 387 g/mol. The molecule has 6 heteroatoms. The van der Waals surface area contributed by atoms with E-state index in [-0.39, 0.29) is 0 Å². The van der Waals surface area contributed by atoms with E-state index >= 15 is 0 Å². The molecule has 0 atom stereocenters. The van der Waals surface area contributed by atoms with Crippen molar-refractivity contribution in [3.05, 3.63) is 28.4 Å². The van der Waals surface area contributed by atoms with E-state index in [9.17, 15) is 0 Å². The Morgan fingerprint density at radius 1 is 1.19 bits per heavy atom. The topological polar surface area (TPSA) is 48.1 Å². The van der Waals surface area contributed by atoms with Crippen molar-refractivity contribution in [2.24, 2.45) is 10.1 Å². The van der Waals surface area contributed by atoms with Gasteiger partial charge < -0.3 is 9.47 Å². The van der Waals surface area contributed by atoms with Gasteiger partial charge in [-0.2, -0.15) is 5.10 Å². The molecule has 1 fully saturated rings. The Kier molecular flexibility index (Phi) is 6.72. The lowest BCUT2D eigenvalue weighted by Crippen LogP contribution is -2.19. The summed E-state index contributed by atoms with van der Waals surface area (Å²) in [5.74, 6) is 1.55. The van der Waals surface area contributed by atoms with Gasteiger partial charge in [0.15, 0.2) is 0 Å². The molecule has 0 aliphatic heterocycles. The fraction of sp³-hybridized carbons (Fsp3) is 0.524. The largest absolute Gasteiger partial charge is 0.497 e. The Bertz CT molecular complexity index is 861. The van der Waals surface area contributed by atoms with Gasteiger partial charge in [-0.3, -0.25) is 4.99 Å². The van der Waals surface area contributed by atoms with E-state index in [1.54, 1.807) is 25.6 Å². The third-order valence-corrected chi connectivity index (χ3v) is 5.85. The highest BCUT2D eigenvalue weighted by Gasteiger charge is 2.16. The van der Waals surface area contributed by atoms with E-state index in [2.05, 4.69) is 19.2 Å². The summed E-state index contributed by atoms with van der Waals surface area (Å²) in [7, 11) is 3.35. The molecule has 1 aliphatic carbocycles. The van der Waals surface area contributed by atoms with E-state index in [1.165, 1.54) is 32.1 Å². The molecule has 1 aromatic carbocycles. The number of hydrogen-bond donors (Lipinski definition) is 0. The standard InChI is InChI=1S/C21H29N3O2S/c1-5-15(2)23-24-19(18-12-11-17(25-3)13-20(18)26-4)14-27-21(24)22-16-9-7-6-8-10-16/h11-14,16H,5-10H2,1-4H3. The Balaban J connectivity index is 2.12. The highest BCUT2D eigenvalue weighted by atomic mass is 32.1. The molecule has 0 radical (unpaired) electrons. The highest BCUT2D eigenvalue weighted by Crippen LogP contribution is 2.33. The van der Waals surface area contributed by atoms with Crippen LogP contribution in [0.3, 0.4) is 0 Å². The summed E-state index contributed by atoms with van der Waals surface area (Å²) in [6.07, 6.45) is 7.14. The van der Waals surface area contributed by atoms with Gasteiger partial charge in [0.25, 0.3) is 0 Å². The molecule has 1 aromatic heterocycles. The third kappa shape index (κ3) is 4.61. The zero-order chi connectivity index (χ0) is 19.2. The van der Waals surface area contributed by atoms with Crippen molar-refractivity contribution in [3.63, 3.8) is 0 Å². The summed E-state index contributed by atoms with van der Waals surface area (Å²) < 4.78 is 12.9. The van der Waals surface area contributed by atoms with E-state index in [4.69, 9.17) is 19.6 Å². The highest BCUT2D eigenvalue weighted by molar-refractivity contribution is 7.07. The van der Waals surface area contributed by atoms with E-state index < -0.39 is 0 Å². The van der Waals surface area contributed by atoms with Crippen molar-refractivity contribution in [1.29, 1.82) is 0 Å². The fourth-order valence-electron chi connectivity index (χ4n) is 3.29. The normalized spacial score (nSPS) is 16.6. The maximum absolute atomic E-state index is 5.62. The quantitative estimate of drug-likeness (QED) is 0.647. The van der Waals surface area contributed by atoms with Crippen molar-refractivity contribution in [2.45, 2.75) is 58.4 Å². The van der Waals surface area contributed by atoms with Gasteiger partial charge in [-0.25, -0.2) is 4.68 Å². The van der Waals surface area contributed by atoms with Gasteiger partial charge in [0.2, 0.25) is 4.80 Å².